The van der Waals surface area contributed by atoms with Gasteiger partial charge in [-0.15, -0.1) is 0 Å². The molecule has 0 saturated heterocycles. The van der Waals surface area contributed by atoms with Crippen LogP contribution in [0.2, 0.25) is 0 Å². The summed E-state index contributed by atoms with van der Waals surface area (Å²) in [5.74, 6) is 1.29. The minimum absolute atomic E-state index is 0.455. The van der Waals surface area contributed by atoms with E-state index in [-0.39, 0.29) is 0 Å². The van der Waals surface area contributed by atoms with Gasteiger partial charge in [0.15, 0.2) is 0 Å². The van der Waals surface area contributed by atoms with Gasteiger partial charge in [-0.05, 0) is 55.7 Å². The first kappa shape index (κ1) is 20.1. The van der Waals surface area contributed by atoms with E-state index in [1.807, 2.05) is 0 Å². The third-order valence-corrected chi connectivity index (χ3v) is 6.89. The van der Waals surface area contributed by atoms with Crippen molar-refractivity contribution in [3.63, 3.8) is 0 Å². The summed E-state index contributed by atoms with van der Waals surface area (Å²) in [6.45, 7) is 8.20. The Bertz CT molecular complexity index is 814. The van der Waals surface area contributed by atoms with Crippen molar-refractivity contribution in [1.82, 2.24) is 9.80 Å². The van der Waals surface area contributed by atoms with Gasteiger partial charge in [0.05, 0.1) is 5.70 Å². The molecule has 2 aliphatic carbocycles. The lowest BCUT2D eigenvalue weighted by Crippen LogP contribution is -2.40. The molecule has 29 heavy (non-hydrogen) atoms. The quantitative estimate of drug-likeness (QED) is 0.498. The minimum atomic E-state index is 0.455. The van der Waals surface area contributed by atoms with Crippen molar-refractivity contribution in [3.05, 3.63) is 83.4 Å². The maximum absolute atomic E-state index is 2.69. The molecular formula is C27H36N2. The third kappa shape index (κ3) is 4.08. The monoisotopic (exact) mass is 388 g/mol. The number of hydrogen-bond acceptors (Lipinski definition) is 2. The number of hydrogen-bond donors (Lipinski definition) is 0. The molecule has 0 N–H and O–H groups in total. The van der Waals surface area contributed by atoms with Crippen molar-refractivity contribution in [2.75, 3.05) is 6.54 Å². The van der Waals surface area contributed by atoms with Crippen molar-refractivity contribution in [3.8, 4) is 0 Å². The predicted octanol–water partition coefficient (Wildman–Crippen LogP) is 6.97. The second-order valence-electron chi connectivity index (χ2n) is 8.77. The topological polar surface area (TPSA) is 6.48 Å². The van der Waals surface area contributed by atoms with E-state index in [9.17, 15) is 0 Å². The highest BCUT2D eigenvalue weighted by atomic mass is 15.4. The number of rotatable bonds is 7. The van der Waals surface area contributed by atoms with Gasteiger partial charge in [0.1, 0.15) is 6.17 Å². The van der Waals surface area contributed by atoms with Gasteiger partial charge in [-0.3, -0.25) is 0 Å². The normalized spacial score (nSPS) is 24.7. The predicted molar refractivity (Wildman–Crippen MR) is 123 cm³/mol. The number of allylic oxidation sites excluding steroid dienone is 6. The van der Waals surface area contributed by atoms with Gasteiger partial charge in [0.25, 0.3) is 0 Å². The lowest BCUT2D eigenvalue weighted by molar-refractivity contribution is 0.158. The Balaban J connectivity index is 1.56. The van der Waals surface area contributed by atoms with E-state index in [1.165, 1.54) is 35.5 Å². The molecule has 0 spiro atoms. The molecule has 1 aromatic rings. The van der Waals surface area contributed by atoms with Crippen LogP contribution >= 0.6 is 0 Å². The zero-order valence-electron chi connectivity index (χ0n) is 18.3. The fraction of sp³-hybridized carbons (Fsp3) is 0.481. The van der Waals surface area contributed by atoms with Crippen molar-refractivity contribution in [1.29, 1.82) is 0 Å². The molecule has 0 aromatic heterocycles. The Morgan fingerprint density at radius 1 is 1.10 bits per heavy atom. The van der Waals surface area contributed by atoms with Crippen LogP contribution < -0.4 is 0 Å². The minimum Gasteiger partial charge on any atom is -0.349 e. The van der Waals surface area contributed by atoms with Gasteiger partial charge < -0.3 is 9.80 Å². The van der Waals surface area contributed by atoms with Crippen LogP contribution in [0.15, 0.2) is 77.8 Å². The molecular weight excluding hydrogens is 352 g/mol. The zero-order chi connectivity index (χ0) is 20.2. The Kier molecular flexibility index (Phi) is 6.28. The van der Waals surface area contributed by atoms with Gasteiger partial charge in [-0.1, -0.05) is 75.8 Å². The average molecular weight is 389 g/mol. The molecule has 0 radical (unpaired) electrons. The fourth-order valence-electron chi connectivity index (χ4n) is 4.92. The molecule has 3 aliphatic rings. The SMILES string of the molecule is CCC(C)CCN1C2=C(CCC=C2)N(C2=CCC(c3ccccc3)C=C2)C1CC. The standard InChI is InChI=1S/C27H36N2/c1-4-21(3)19-20-28-25-13-9-10-14-26(25)29(27(28)5-2)24-17-15-23(16-18-24)22-11-7-6-8-12-22/h6-9,11-13,15,17-18,21,23,27H,4-5,10,14,16,19-20H2,1-3H3. The van der Waals surface area contributed by atoms with E-state index in [4.69, 9.17) is 0 Å². The summed E-state index contributed by atoms with van der Waals surface area (Å²) < 4.78 is 0. The largest absolute Gasteiger partial charge is 0.349 e. The summed E-state index contributed by atoms with van der Waals surface area (Å²) in [7, 11) is 0. The maximum Gasteiger partial charge on any atom is 0.106 e. The summed E-state index contributed by atoms with van der Waals surface area (Å²) in [6.07, 6.45) is 19.6. The highest BCUT2D eigenvalue weighted by Gasteiger charge is 2.38. The van der Waals surface area contributed by atoms with Crippen LogP contribution in [0.25, 0.3) is 0 Å². The van der Waals surface area contributed by atoms with Crippen LogP contribution in [-0.4, -0.2) is 22.5 Å². The van der Waals surface area contributed by atoms with E-state index < -0.39 is 0 Å². The molecule has 4 rings (SSSR count). The van der Waals surface area contributed by atoms with Gasteiger partial charge >= 0.3 is 0 Å². The smallest absolute Gasteiger partial charge is 0.106 e. The van der Waals surface area contributed by atoms with Crippen LogP contribution in [0.1, 0.15) is 70.8 Å². The third-order valence-electron chi connectivity index (χ3n) is 6.89. The van der Waals surface area contributed by atoms with Crippen LogP contribution in [0.4, 0.5) is 0 Å². The van der Waals surface area contributed by atoms with Crippen LogP contribution in [0.3, 0.4) is 0 Å². The van der Waals surface area contributed by atoms with E-state index in [0.717, 1.165) is 38.1 Å². The summed E-state index contributed by atoms with van der Waals surface area (Å²) >= 11 is 0. The second-order valence-corrected chi connectivity index (χ2v) is 8.77. The molecule has 2 nitrogen and oxygen atoms in total. The van der Waals surface area contributed by atoms with Gasteiger partial charge in [0, 0.05) is 23.9 Å². The molecule has 2 heteroatoms. The van der Waals surface area contributed by atoms with Crippen LogP contribution in [0.5, 0.6) is 0 Å². The Hall–Kier alpha value is -2.22. The Morgan fingerprint density at radius 3 is 2.62 bits per heavy atom. The van der Waals surface area contributed by atoms with Crippen molar-refractivity contribution < 1.29 is 0 Å². The van der Waals surface area contributed by atoms with Gasteiger partial charge in [-0.25, -0.2) is 0 Å². The summed E-state index contributed by atoms with van der Waals surface area (Å²) in [4.78, 5) is 5.35. The highest BCUT2D eigenvalue weighted by molar-refractivity contribution is 5.40. The zero-order valence-corrected chi connectivity index (χ0v) is 18.3. The van der Waals surface area contributed by atoms with Gasteiger partial charge in [0.2, 0.25) is 0 Å². The molecule has 0 amide bonds. The first-order valence-electron chi connectivity index (χ1n) is 11.6. The highest BCUT2D eigenvalue weighted by Crippen LogP contribution is 2.41. The summed E-state index contributed by atoms with van der Waals surface area (Å²) in [5.41, 5.74) is 5.84. The molecule has 1 heterocycles. The molecule has 0 bridgehead atoms. The first-order chi connectivity index (χ1) is 14.2. The van der Waals surface area contributed by atoms with Crippen molar-refractivity contribution in [2.24, 2.45) is 5.92 Å². The van der Waals surface area contributed by atoms with E-state index in [0.29, 0.717) is 12.1 Å². The van der Waals surface area contributed by atoms with E-state index in [2.05, 4.69) is 91.3 Å². The summed E-state index contributed by atoms with van der Waals surface area (Å²) in [6, 6.07) is 10.9. The fourth-order valence-corrected chi connectivity index (χ4v) is 4.92. The average Bonchev–Trinajstić information content (AvgIpc) is 3.11. The van der Waals surface area contributed by atoms with Crippen LogP contribution in [0, 0.1) is 5.92 Å². The maximum atomic E-state index is 2.69. The van der Waals surface area contributed by atoms with Gasteiger partial charge in [-0.2, -0.15) is 0 Å². The molecule has 0 fully saturated rings. The lowest BCUT2D eigenvalue weighted by atomic mass is 9.91. The number of nitrogens with zero attached hydrogens (tertiary/aromatic N) is 2. The van der Waals surface area contributed by atoms with Crippen molar-refractivity contribution >= 4 is 0 Å². The Morgan fingerprint density at radius 2 is 1.93 bits per heavy atom. The molecule has 154 valence electrons. The molecule has 1 aromatic carbocycles. The summed E-state index contributed by atoms with van der Waals surface area (Å²) in [5, 5.41) is 0. The molecule has 3 unspecified atom stereocenters. The van der Waals surface area contributed by atoms with E-state index in [1.54, 1.807) is 0 Å². The number of benzene rings is 1. The van der Waals surface area contributed by atoms with Crippen LogP contribution in [-0.2, 0) is 0 Å². The molecule has 1 aliphatic heterocycles. The van der Waals surface area contributed by atoms with E-state index >= 15 is 0 Å². The Labute approximate surface area is 177 Å². The second kappa shape index (κ2) is 9.07. The first-order valence-corrected chi connectivity index (χ1v) is 11.6. The molecule has 3 atom stereocenters. The van der Waals surface area contributed by atoms with Crippen molar-refractivity contribution in [2.45, 2.75) is 71.4 Å². The molecule has 0 saturated carbocycles. The lowest BCUT2D eigenvalue weighted by Gasteiger charge is -2.36.